The largest absolute Gasteiger partial charge is 0.371 e. The van der Waals surface area contributed by atoms with Crippen LogP contribution in [0.15, 0.2) is 35.7 Å². The Bertz CT molecular complexity index is 667. The van der Waals surface area contributed by atoms with Gasteiger partial charge >= 0.3 is 0 Å². The second-order valence-electron chi connectivity index (χ2n) is 6.83. The van der Waals surface area contributed by atoms with Crippen LogP contribution in [0, 0.1) is 6.92 Å². The Morgan fingerprint density at radius 1 is 1.38 bits per heavy atom. The van der Waals surface area contributed by atoms with Gasteiger partial charge in [0.2, 0.25) is 0 Å². The van der Waals surface area contributed by atoms with Gasteiger partial charge in [-0.3, -0.25) is 4.90 Å². The number of hydrogen-bond acceptors (Lipinski definition) is 5. The van der Waals surface area contributed by atoms with E-state index in [-0.39, 0.29) is 11.7 Å². The number of aromatic nitrogens is 1. The van der Waals surface area contributed by atoms with Gasteiger partial charge in [-0.05, 0) is 25.3 Å². The molecule has 0 radical (unpaired) electrons. The zero-order valence-corrected chi connectivity index (χ0v) is 14.9. The van der Waals surface area contributed by atoms with Crippen molar-refractivity contribution < 1.29 is 9.47 Å². The first-order chi connectivity index (χ1) is 11.7. The van der Waals surface area contributed by atoms with Crippen molar-refractivity contribution in [2.75, 3.05) is 19.7 Å². The highest BCUT2D eigenvalue weighted by Gasteiger charge is 2.50. The maximum atomic E-state index is 6.32. The van der Waals surface area contributed by atoms with E-state index < -0.39 is 0 Å². The quantitative estimate of drug-likeness (QED) is 0.833. The molecule has 0 bridgehead atoms. The Morgan fingerprint density at radius 2 is 2.25 bits per heavy atom. The standard InChI is InChI=1S/C19H24N2O2S/c1-15-20-17(13-24-15)10-21-11-18(19(14-21)8-5-9-23-19)22-12-16-6-3-2-4-7-16/h2-4,6-7,13,18H,5,8-12,14H2,1H3/t18-,19-/m0/s1. The average molecular weight is 344 g/mol. The van der Waals surface area contributed by atoms with Gasteiger partial charge in [0.05, 0.1) is 17.3 Å². The third-order valence-corrected chi connectivity index (χ3v) is 5.80. The summed E-state index contributed by atoms with van der Waals surface area (Å²) in [6.07, 6.45) is 2.37. The van der Waals surface area contributed by atoms with Crippen LogP contribution in [0.3, 0.4) is 0 Å². The lowest BCUT2D eigenvalue weighted by Gasteiger charge is -2.29. The van der Waals surface area contributed by atoms with Crippen LogP contribution in [0.25, 0.3) is 0 Å². The molecule has 0 saturated carbocycles. The van der Waals surface area contributed by atoms with E-state index in [0.29, 0.717) is 6.61 Å². The van der Waals surface area contributed by atoms with E-state index in [1.54, 1.807) is 11.3 Å². The fourth-order valence-corrected chi connectivity index (χ4v) is 4.45. The molecule has 1 aromatic carbocycles. The molecule has 2 fully saturated rings. The second kappa shape index (κ2) is 6.92. The first-order valence-corrected chi connectivity index (χ1v) is 9.54. The molecule has 2 saturated heterocycles. The van der Waals surface area contributed by atoms with Crippen molar-refractivity contribution in [3.05, 3.63) is 52.0 Å². The van der Waals surface area contributed by atoms with Crippen LogP contribution in [0.1, 0.15) is 29.1 Å². The molecule has 3 heterocycles. The van der Waals surface area contributed by atoms with E-state index in [9.17, 15) is 0 Å². The summed E-state index contributed by atoms with van der Waals surface area (Å²) >= 11 is 1.72. The Hall–Kier alpha value is -1.27. The van der Waals surface area contributed by atoms with E-state index >= 15 is 0 Å². The number of aryl methyl sites for hydroxylation is 1. The molecule has 0 aliphatic carbocycles. The average Bonchev–Trinajstić information content (AvgIpc) is 3.30. The first kappa shape index (κ1) is 16.2. The number of rotatable bonds is 5. The summed E-state index contributed by atoms with van der Waals surface area (Å²) in [7, 11) is 0. The van der Waals surface area contributed by atoms with Crippen LogP contribution in [0.5, 0.6) is 0 Å². The molecule has 5 heteroatoms. The van der Waals surface area contributed by atoms with Crippen LogP contribution >= 0.6 is 11.3 Å². The van der Waals surface area contributed by atoms with Crippen molar-refractivity contribution in [3.63, 3.8) is 0 Å². The van der Waals surface area contributed by atoms with E-state index in [1.807, 2.05) is 6.07 Å². The molecule has 2 atom stereocenters. The normalized spacial score (nSPS) is 27.3. The van der Waals surface area contributed by atoms with Crippen LogP contribution < -0.4 is 0 Å². The van der Waals surface area contributed by atoms with Gasteiger partial charge in [0.15, 0.2) is 0 Å². The van der Waals surface area contributed by atoms with Crippen molar-refractivity contribution in [2.45, 2.75) is 44.6 Å². The monoisotopic (exact) mass is 344 g/mol. The fraction of sp³-hybridized carbons (Fsp3) is 0.526. The molecule has 1 spiro atoms. The number of thiazole rings is 1. The summed E-state index contributed by atoms with van der Waals surface area (Å²) < 4.78 is 12.5. The van der Waals surface area contributed by atoms with E-state index in [4.69, 9.17) is 9.47 Å². The van der Waals surface area contributed by atoms with Crippen molar-refractivity contribution >= 4 is 11.3 Å². The summed E-state index contributed by atoms with van der Waals surface area (Å²) in [4.78, 5) is 7.04. The van der Waals surface area contributed by atoms with E-state index in [2.05, 4.69) is 46.5 Å². The maximum Gasteiger partial charge on any atom is 0.108 e. The highest BCUT2D eigenvalue weighted by molar-refractivity contribution is 7.09. The number of benzene rings is 1. The molecule has 1 aromatic heterocycles. The maximum absolute atomic E-state index is 6.32. The minimum absolute atomic E-state index is 0.125. The Morgan fingerprint density at radius 3 is 2.96 bits per heavy atom. The SMILES string of the molecule is Cc1nc(CN2C[C@H](OCc3ccccc3)[C@]3(CCCO3)C2)cs1. The topological polar surface area (TPSA) is 34.6 Å². The van der Waals surface area contributed by atoms with Crippen molar-refractivity contribution in [2.24, 2.45) is 0 Å². The highest BCUT2D eigenvalue weighted by atomic mass is 32.1. The van der Waals surface area contributed by atoms with Gasteiger partial charge in [-0.2, -0.15) is 0 Å². The van der Waals surface area contributed by atoms with Gasteiger partial charge in [-0.1, -0.05) is 30.3 Å². The number of hydrogen-bond donors (Lipinski definition) is 0. The Kier molecular flexibility index (Phi) is 4.68. The van der Waals surface area contributed by atoms with Gasteiger partial charge in [-0.25, -0.2) is 4.98 Å². The first-order valence-electron chi connectivity index (χ1n) is 8.66. The number of likely N-dealkylation sites (tertiary alicyclic amines) is 1. The number of nitrogens with zero attached hydrogens (tertiary/aromatic N) is 2. The molecule has 4 nitrogen and oxygen atoms in total. The molecule has 128 valence electrons. The molecule has 2 aliphatic rings. The molecular formula is C19H24N2O2S. The predicted molar refractivity (Wildman–Crippen MR) is 95.1 cm³/mol. The van der Waals surface area contributed by atoms with Gasteiger partial charge in [0.25, 0.3) is 0 Å². The zero-order chi connectivity index (χ0) is 16.4. The molecule has 0 N–H and O–H groups in total. The molecule has 2 aromatic rings. The van der Waals surface area contributed by atoms with Gasteiger partial charge < -0.3 is 9.47 Å². The molecule has 2 aliphatic heterocycles. The lowest BCUT2D eigenvalue weighted by Crippen LogP contribution is -2.42. The highest BCUT2D eigenvalue weighted by Crippen LogP contribution is 2.38. The Balaban J connectivity index is 1.43. The number of ether oxygens (including phenoxy) is 2. The van der Waals surface area contributed by atoms with Gasteiger partial charge in [0.1, 0.15) is 11.7 Å². The third kappa shape index (κ3) is 3.40. The van der Waals surface area contributed by atoms with E-state index in [0.717, 1.165) is 49.8 Å². The molecule has 0 unspecified atom stereocenters. The van der Waals surface area contributed by atoms with Crippen LogP contribution in [0.4, 0.5) is 0 Å². The lowest BCUT2D eigenvalue weighted by atomic mass is 9.96. The molecular weight excluding hydrogens is 320 g/mol. The van der Waals surface area contributed by atoms with Crippen molar-refractivity contribution in [1.29, 1.82) is 0 Å². The summed E-state index contributed by atoms with van der Waals surface area (Å²) in [6.45, 7) is 6.33. The second-order valence-corrected chi connectivity index (χ2v) is 7.89. The zero-order valence-electron chi connectivity index (χ0n) is 14.1. The van der Waals surface area contributed by atoms with Gasteiger partial charge in [-0.15, -0.1) is 11.3 Å². The fourth-order valence-electron chi connectivity index (χ4n) is 3.85. The van der Waals surface area contributed by atoms with Crippen molar-refractivity contribution in [1.82, 2.24) is 9.88 Å². The van der Waals surface area contributed by atoms with Crippen molar-refractivity contribution in [3.8, 4) is 0 Å². The molecule has 4 rings (SSSR count). The summed E-state index contributed by atoms with van der Waals surface area (Å²) in [6, 6.07) is 10.4. The van der Waals surface area contributed by atoms with Gasteiger partial charge in [0, 0.05) is 31.6 Å². The predicted octanol–water partition coefficient (Wildman–Crippen LogP) is 3.40. The Labute approximate surface area is 147 Å². The smallest absolute Gasteiger partial charge is 0.108 e. The summed E-state index contributed by atoms with van der Waals surface area (Å²) in [5.74, 6) is 0. The summed E-state index contributed by atoms with van der Waals surface area (Å²) in [5.41, 5.74) is 2.26. The van der Waals surface area contributed by atoms with Crippen LogP contribution in [0.2, 0.25) is 0 Å². The van der Waals surface area contributed by atoms with E-state index in [1.165, 1.54) is 5.56 Å². The summed E-state index contributed by atoms with van der Waals surface area (Å²) in [5, 5.41) is 3.29. The molecule has 24 heavy (non-hydrogen) atoms. The third-order valence-electron chi connectivity index (χ3n) is 4.98. The lowest BCUT2D eigenvalue weighted by molar-refractivity contribution is -0.0959. The van der Waals surface area contributed by atoms with Crippen LogP contribution in [-0.4, -0.2) is 41.3 Å². The minimum atomic E-state index is -0.125. The molecule has 0 amide bonds. The van der Waals surface area contributed by atoms with Crippen LogP contribution in [-0.2, 0) is 22.6 Å². The minimum Gasteiger partial charge on any atom is -0.371 e.